The van der Waals surface area contributed by atoms with Crippen molar-refractivity contribution < 1.29 is 24.1 Å². The third-order valence-corrected chi connectivity index (χ3v) is 4.75. The van der Waals surface area contributed by atoms with Crippen LogP contribution in [0.15, 0.2) is 54.6 Å². The molecule has 0 aliphatic carbocycles. The lowest BCUT2D eigenvalue weighted by Crippen LogP contribution is -2.25. The molecule has 3 aromatic rings. The molecule has 3 rings (SSSR count). The third kappa shape index (κ3) is 4.33. The second-order valence-electron chi connectivity index (χ2n) is 5.57. The largest absolute Gasteiger partial charge is 0.491 e. The molecule has 1 aromatic heterocycles. The van der Waals surface area contributed by atoms with Crippen LogP contribution in [-0.4, -0.2) is 37.0 Å². The Balaban J connectivity index is 1.69. The maximum absolute atomic E-state index is 12.2. The standard InChI is InChI=1S/C20H20O5S/c1-2-23-20(22)19-18(16-10-6-7-11-17(16)26-19)25-13-14(21)12-24-15-8-4-3-5-9-15/h3-11,14,21H,2,12-13H2,1H3. The van der Waals surface area contributed by atoms with E-state index in [4.69, 9.17) is 14.2 Å². The molecular weight excluding hydrogens is 352 g/mol. The molecule has 5 nitrogen and oxygen atoms in total. The van der Waals surface area contributed by atoms with Gasteiger partial charge >= 0.3 is 5.97 Å². The van der Waals surface area contributed by atoms with Crippen molar-refractivity contribution in [3.8, 4) is 11.5 Å². The van der Waals surface area contributed by atoms with Crippen molar-refractivity contribution in [1.82, 2.24) is 0 Å². The molecule has 136 valence electrons. The number of hydrogen-bond donors (Lipinski definition) is 1. The summed E-state index contributed by atoms with van der Waals surface area (Å²) < 4.78 is 17.4. The Labute approximate surface area is 155 Å². The van der Waals surface area contributed by atoms with Crippen molar-refractivity contribution in [2.75, 3.05) is 19.8 Å². The van der Waals surface area contributed by atoms with Gasteiger partial charge in [0.2, 0.25) is 0 Å². The minimum absolute atomic E-state index is 0.0139. The Morgan fingerprint density at radius 2 is 1.73 bits per heavy atom. The monoisotopic (exact) mass is 372 g/mol. The first kappa shape index (κ1) is 18.2. The van der Waals surface area contributed by atoms with Crippen molar-refractivity contribution in [3.63, 3.8) is 0 Å². The van der Waals surface area contributed by atoms with E-state index in [1.807, 2.05) is 54.6 Å². The van der Waals surface area contributed by atoms with Crippen LogP contribution in [-0.2, 0) is 4.74 Å². The van der Waals surface area contributed by atoms with Crippen LogP contribution in [0.3, 0.4) is 0 Å². The highest BCUT2D eigenvalue weighted by molar-refractivity contribution is 7.21. The van der Waals surface area contributed by atoms with Gasteiger partial charge < -0.3 is 19.3 Å². The summed E-state index contributed by atoms with van der Waals surface area (Å²) in [5.41, 5.74) is 0. The zero-order valence-electron chi connectivity index (χ0n) is 14.4. The van der Waals surface area contributed by atoms with Crippen molar-refractivity contribution in [3.05, 3.63) is 59.5 Å². The average Bonchev–Trinajstić information content (AvgIpc) is 3.04. The Kier molecular flexibility index (Phi) is 6.09. The summed E-state index contributed by atoms with van der Waals surface area (Å²) in [6, 6.07) is 16.8. The lowest BCUT2D eigenvalue weighted by Gasteiger charge is -2.14. The highest BCUT2D eigenvalue weighted by Crippen LogP contribution is 2.38. The summed E-state index contributed by atoms with van der Waals surface area (Å²) in [6.07, 6.45) is -0.830. The summed E-state index contributed by atoms with van der Waals surface area (Å²) in [7, 11) is 0. The molecule has 1 heterocycles. The van der Waals surface area contributed by atoms with Gasteiger partial charge in [0.1, 0.15) is 25.1 Å². The topological polar surface area (TPSA) is 65.0 Å². The van der Waals surface area contributed by atoms with Gasteiger partial charge in [0, 0.05) is 10.1 Å². The Bertz CT molecular complexity index is 859. The van der Waals surface area contributed by atoms with Gasteiger partial charge in [0.05, 0.1) is 6.61 Å². The number of ether oxygens (including phenoxy) is 3. The van der Waals surface area contributed by atoms with Gasteiger partial charge in [-0.15, -0.1) is 11.3 Å². The van der Waals surface area contributed by atoms with E-state index in [1.165, 1.54) is 11.3 Å². The first-order valence-corrected chi connectivity index (χ1v) is 9.18. The number of carbonyl (C=O) groups is 1. The van der Waals surface area contributed by atoms with Crippen LogP contribution in [0.4, 0.5) is 0 Å². The number of carbonyl (C=O) groups excluding carboxylic acids is 1. The number of aliphatic hydroxyl groups excluding tert-OH is 1. The van der Waals surface area contributed by atoms with Crippen LogP contribution in [0.25, 0.3) is 10.1 Å². The number of esters is 1. The predicted octanol–water partition coefficient (Wildman–Crippen LogP) is 3.90. The van der Waals surface area contributed by atoms with E-state index >= 15 is 0 Å². The fourth-order valence-electron chi connectivity index (χ4n) is 2.43. The van der Waals surface area contributed by atoms with Gasteiger partial charge in [0.15, 0.2) is 10.6 Å². The van der Waals surface area contributed by atoms with Gasteiger partial charge in [-0.05, 0) is 31.2 Å². The van der Waals surface area contributed by atoms with Crippen molar-refractivity contribution in [2.45, 2.75) is 13.0 Å². The molecule has 6 heteroatoms. The molecule has 0 bridgehead atoms. The van der Waals surface area contributed by atoms with E-state index in [0.29, 0.717) is 23.0 Å². The van der Waals surface area contributed by atoms with E-state index in [0.717, 1.165) is 10.1 Å². The van der Waals surface area contributed by atoms with Crippen LogP contribution >= 0.6 is 11.3 Å². The SMILES string of the molecule is CCOC(=O)c1sc2ccccc2c1OCC(O)COc1ccccc1. The number of para-hydroxylation sites is 1. The lowest BCUT2D eigenvalue weighted by atomic mass is 10.2. The van der Waals surface area contributed by atoms with E-state index in [-0.39, 0.29) is 13.2 Å². The van der Waals surface area contributed by atoms with Crippen molar-refractivity contribution in [1.29, 1.82) is 0 Å². The number of hydrogen-bond acceptors (Lipinski definition) is 6. The first-order valence-electron chi connectivity index (χ1n) is 8.36. The van der Waals surface area contributed by atoms with Gasteiger partial charge in [-0.25, -0.2) is 4.79 Å². The molecule has 0 aliphatic rings. The third-order valence-electron chi connectivity index (χ3n) is 3.62. The molecule has 1 N–H and O–H groups in total. The molecule has 0 amide bonds. The fourth-order valence-corrected chi connectivity index (χ4v) is 3.47. The quantitative estimate of drug-likeness (QED) is 0.608. The Morgan fingerprint density at radius 1 is 1.04 bits per heavy atom. The average molecular weight is 372 g/mol. The zero-order valence-corrected chi connectivity index (χ0v) is 15.2. The van der Waals surface area contributed by atoms with Crippen LogP contribution in [0, 0.1) is 0 Å². The number of benzene rings is 2. The smallest absolute Gasteiger partial charge is 0.352 e. The maximum atomic E-state index is 12.2. The maximum Gasteiger partial charge on any atom is 0.352 e. The molecule has 1 atom stereocenters. The summed E-state index contributed by atoms with van der Waals surface area (Å²) in [5.74, 6) is 0.710. The minimum atomic E-state index is -0.830. The van der Waals surface area contributed by atoms with E-state index in [2.05, 4.69) is 0 Å². The molecule has 0 saturated carbocycles. The summed E-state index contributed by atoms with van der Waals surface area (Å²) in [5, 5.41) is 11.0. The van der Waals surface area contributed by atoms with Gasteiger partial charge in [-0.1, -0.05) is 30.3 Å². The van der Waals surface area contributed by atoms with Gasteiger partial charge in [-0.3, -0.25) is 0 Å². The van der Waals surface area contributed by atoms with Crippen LogP contribution in [0.5, 0.6) is 11.5 Å². The molecular formula is C20H20O5S. The molecule has 2 aromatic carbocycles. The van der Waals surface area contributed by atoms with Crippen LogP contribution in [0.2, 0.25) is 0 Å². The number of thiophene rings is 1. The van der Waals surface area contributed by atoms with Gasteiger partial charge in [0.25, 0.3) is 0 Å². The predicted molar refractivity (Wildman–Crippen MR) is 101 cm³/mol. The zero-order chi connectivity index (χ0) is 18.4. The Hall–Kier alpha value is -2.57. The fraction of sp³-hybridized carbons (Fsp3) is 0.250. The van der Waals surface area contributed by atoms with Gasteiger partial charge in [-0.2, -0.15) is 0 Å². The Morgan fingerprint density at radius 3 is 2.50 bits per heavy atom. The highest BCUT2D eigenvalue weighted by atomic mass is 32.1. The summed E-state index contributed by atoms with van der Waals surface area (Å²) >= 11 is 1.32. The first-order chi connectivity index (χ1) is 12.7. The molecule has 0 aliphatic heterocycles. The van der Waals surface area contributed by atoms with E-state index in [1.54, 1.807) is 6.92 Å². The second-order valence-corrected chi connectivity index (χ2v) is 6.62. The summed E-state index contributed by atoms with van der Waals surface area (Å²) in [6.45, 7) is 2.16. The number of aliphatic hydroxyl groups is 1. The highest BCUT2D eigenvalue weighted by Gasteiger charge is 2.21. The number of rotatable bonds is 8. The van der Waals surface area contributed by atoms with Crippen LogP contribution < -0.4 is 9.47 Å². The van der Waals surface area contributed by atoms with Crippen molar-refractivity contribution >= 4 is 27.4 Å². The molecule has 1 unspecified atom stereocenters. The molecule has 0 radical (unpaired) electrons. The normalized spacial score (nSPS) is 11.9. The van der Waals surface area contributed by atoms with Crippen molar-refractivity contribution in [2.24, 2.45) is 0 Å². The number of fused-ring (bicyclic) bond motifs is 1. The van der Waals surface area contributed by atoms with E-state index in [9.17, 15) is 9.90 Å². The van der Waals surface area contributed by atoms with E-state index < -0.39 is 12.1 Å². The van der Waals surface area contributed by atoms with Crippen LogP contribution in [0.1, 0.15) is 16.6 Å². The molecule has 0 saturated heterocycles. The summed E-state index contributed by atoms with van der Waals surface area (Å²) in [4.78, 5) is 12.6. The second kappa shape index (κ2) is 8.69. The molecule has 0 spiro atoms. The lowest BCUT2D eigenvalue weighted by molar-refractivity contribution is 0.0506. The molecule has 0 fully saturated rings. The molecule has 26 heavy (non-hydrogen) atoms. The minimum Gasteiger partial charge on any atom is -0.491 e.